The number of aliphatic hydroxyl groups is 1. The maximum absolute atomic E-state index is 12.2. The summed E-state index contributed by atoms with van der Waals surface area (Å²) >= 11 is 5.92. The van der Waals surface area contributed by atoms with Crippen molar-refractivity contribution >= 4 is 21.6 Å². The average Bonchev–Trinajstić information content (AvgIpc) is 2.84. The second-order valence-electron chi connectivity index (χ2n) is 4.53. The molecular formula is C13H16ClN3O3S. The molecular weight excluding hydrogens is 314 g/mol. The number of aliphatic hydroxyl groups excluding tert-OH is 1. The molecule has 0 aliphatic rings. The summed E-state index contributed by atoms with van der Waals surface area (Å²) in [6.45, 7) is -0.0279. The molecule has 0 spiro atoms. The Bertz CT molecular complexity index is 728. The molecule has 114 valence electrons. The summed E-state index contributed by atoms with van der Waals surface area (Å²) in [5, 5.41) is 9.20. The highest BCUT2D eigenvalue weighted by molar-refractivity contribution is 7.89. The van der Waals surface area contributed by atoms with Crippen LogP contribution in [-0.4, -0.2) is 29.6 Å². The van der Waals surface area contributed by atoms with E-state index in [1.165, 1.54) is 12.1 Å². The van der Waals surface area contributed by atoms with Crippen molar-refractivity contribution in [1.82, 2.24) is 14.3 Å². The number of sulfonamides is 1. The molecule has 0 aliphatic heterocycles. The summed E-state index contributed by atoms with van der Waals surface area (Å²) < 4.78 is 28.8. The number of nitrogens with one attached hydrogen (secondary N) is 1. The maximum atomic E-state index is 12.2. The van der Waals surface area contributed by atoms with E-state index in [1.807, 2.05) is 11.6 Å². The van der Waals surface area contributed by atoms with Crippen LogP contribution in [0.4, 0.5) is 0 Å². The van der Waals surface area contributed by atoms with Gasteiger partial charge in [0.25, 0.3) is 0 Å². The number of nitrogens with zero attached hydrogens (tertiary/aromatic N) is 2. The van der Waals surface area contributed by atoms with Crippen LogP contribution < -0.4 is 4.72 Å². The Kier molecular flexibility index (Phi) is 5.00. The van der Waals surface area contributed by atoms with Gasteiger partial charge in [-0.2, -0.15) is 0 Å². The van der Waals surface area contributed by atoms with E-state index < -0.39 is 10.0 Å². The van der Waals surface area contributed by atoms with Crippen LogP contribution in [0.2, 0.25) is 5.02 Å². The quantitative estimate of drug-likeness (QED) is 0.830. The number of aryl methyl sites for hydroxylation is 1. The molecule has 0 unspecified atom stereocenters. The summed E-state index contributed by atoms with van der Waals surface area (Å²) in [6, 6.07) is 4.40. The molecule has 1 aromatic carbocycles. The highest BCUT2D eigenvalue weighted by Gasteiger charge is 2.18. The zero-order valence-corrected chi connectivity index (χ0v) is 13.0. The van der Waals surface area contributed by atoms with Crippen LogP contribution in [0.25, 0.3) is 0 Å². The molecule has 0 fully saturated rings. The largest absolute Gasteiger partial charge is 0.392 e. The van der Waals surface area contributed by atoms with Crippen molar-refractivity contribution in [3.63, 3.8) is 0 Å². The van der Waals surface area contributed by atoms with E-state index in [9.17, 15) is 8.42 Å². The van der Waals surface area contributed by atoms with Crippen molar-refractivity contribution in [3.05, 3.63) is 47.0 Å². The minimum atomic E-state index is -3.72. The summed E-state index contributed by atoms with van der Waals surface area (Å²) in [5.41, 5.74) is 0.490. The fourth-order valence-electron chi connectivity index (χ4n) is 1.86. The maximum Gasteiger partial charge on any atom is 0.242 e. The Morgan fingerprint density at radius 1 is 1.43 bits per heavy atom. The third kappa shape index (κ3) is 3.82. The van der Waals surface area contributed by atoms with Gasteiger partial charge in [0, 0.05) is 32.4 Å². The minimum absolute atomic E-state index is 0.0319. The van der Waals surface area contributed by atoms with E-state index in [-0.39, 0.29) is 23.1 Å². The number of rotatable bonds is 6. The van der Waals surface area contributed by atoms with Crippen molar-refractivity contribution in [2.24, 2.45) is 7.05 Å². The van der Waals surface area contributed by atoms with Crippen molar-refractivity contribution in [2.45, 2.75) is 17.9 Å². The first-order valence-corrected chi connectivity index (χ1v) is 8.15. The van der Waals surface area contributed by atoms with Gasteiger partial charge in [-0.3, -0.25) is 0 Å². The van der Waals surface area contributed by atoms with Gasteiger partial charge >= 0.3 is 0 Å². The first-order valence-electron chi connectivity index (χ1n) is 6.29. The lowest BCUT2D eigenvalue weighted by Crippen LogP contribution is -2.27. The monoisotopic (exact) mass is 329 g/mol. The van der Waals surface area contributed by atoms with Gasteiger partial charge < -0.3 is 9.67 Å². The highest BCUT2D eigenvalue weighted by atomic mass is 35.5. The van der Waals surface area contributed by atoms with E-state index in [0.717, 1.165) is 5.82 Å². The molecule has 0 saturated heterocycles. The van der Waals surface area contributed by atoms with Gasteiger partial charge in [-0.1, -0.05) is 17.7 Å². The number of benzene rings is 1. The standard InChI is InChI=1S/C13H16ClN3O3S/c1-17-7-6-15-13(17)4-5-16-21(19,20)12-8-10(9-18)2-3-11(12)14/h2-3,6-8,16,18H,4-5,9H2,1H3. The van der Waals surface area contributed by atoms with Gasteiger partial charge in [0.1, 0.15) is 10.7 Å². The van der Waals surface area contributed by atoms with E-state index in [1.54, 1.807) is 18.5 Å². The molecule has 8 heteroatoms. The Hall–Kier alpha value is -1.41. The van der Waals surface area contributed by atoms with Crippen molar-refractivity contribution in [1.29, 1.82) is 0 Å². The molecule has 0 amide bonds. The molecule has 1 aromatic heterocycles. The van der Waals surface area contributed by atoms with Crippen LogP contribution in [0.1, 0.15) is 11.4 Å². The molecule has 1 heterocycles. The molecule has 0 atom stereocenters. The highest BCUT2D eigenvalue weighted by Crippen LogP contribution is 2.22. The van der Waals surface area contributed by atoms with Gasteiger partial charge in [-0.15, -0.1) is 0 Å². The Morgan fingerprint density at radius 3 is 2.81 bits per heavy atom. The third-order valence-corrected chi connectivity index (χ3v) is 4.97. The SMILES string of the molecule is Cn1ccnc1CCNS(=O)(=O)c1cc(CO)ccc1Cl. The predicted octanol–water partition coefficient (Wildman–Crippen LogP) is 1.09. The van der Waals surface area contributed by atoms with Crippen molar-refractivity contribution in [2.75, 3.05) is 6.54 Å². The predicted molar refractivity (Wildman–Crippen MR) is 79.5 cm³/mol. The summed E-state index contributed by atoms with van der Waals surface area (Å²) in [6.07, 6.45) is 3.93. The van der Waals surface area contributed by atoms with Crippen LogP contribution in [0, 0.1) is 0 Å². The van der Waals surface area contributed by atoms with E-state index in [4.69, 9.17) is 16.7 Å². The molecule has 0 saturated carbocycles. The zero-order chi connectivity index (χ0) is 15.5. The lowest BCUT2D eigenvalue weighted by Gasteiger charge is -2.09. The Labute approximate surface area is 128 Å². The summed E-state index contributed by atoms with van der Waals surface area (Å²) in [7, 11) is -1.87. The van der Waals surface area contributed by atoms with Gasteiger partial charge in [-0.05, 0) is 17.7 Å². The lowest BCUT2D eigenvalue weighted by atomic mass is 10.2. The average molecular weight is 330 g/mol. The summed E-state index contributed by atoms with van der Waals surface area (Å²) in [5.74, 6) is 0.785. The normalized spacial score (nSPS) is 11.8. The number of hydrogen-bond donors (Lipinski definition) is 2. The van der Waals surface area contributed by atoms with Gasteiger partial charge in [0.05, 0.1) is 11.6 Å². The smallest absolute Gasteiger partial charge is 0.242 e. The minimum Gasteiger partial charge on any atom is -0.392 e. The first-order chi connectivity index (χ1) is 9.94. The van der Waals surface area contributed by atoms with Gasteiger partial charge in [0.2, 0.25) is 10.0 Å². The van der Waals surface area contributed by atoms with E-state index in [0.29, 0.717) is 12.0 Å². The molecule has 2 N–H and O–H groups in total. The molecule has 0 aliphatic carbocycles. The number of hydrogen-bond acceptors (Lipinski definition) is 4. The van der Waals surface area contributed by atoms with Crippen LogP contribution in [0.15, 0.2) is 35.5 Å². The van der Waals surface area contributed by atoms with Crippen LogP contribution in [0.3, 0.4) is 0 Å². The molecule has 0 bridgehead atoms. The molecule has 2 rings (SSSR count). The van der Waals surface area contributed by atoms with E-state index in [2.05, 4.69) is 9.71 Å². The van der Waals surface area contributed by atoms with Crippen molar-refractivity contribution < 1.29 is 13.5 Å². The molecule has 21 heavy (non-hydrogen) atoms. The molecule has 0 radical (unpaired) electrons. The Morgan fingerprint density at radius 2 is 2.19 bits per heavy atom. The summed E-state index contributed by atoms with van der Waals surface area (Å²) in [4.78, 5) is 4.09. The fraction of sp³-hybridized carbons (Fsp3) is 0.308. The topological polar surface area (TPSA) is 84.2 Å². The van der Waals surface area contributed by atoms with E-state index >= 15 is 0 Å². The molecule has 2 aromatic rings. The number of imidazole rings is 1. The Balaban J connectivity index is 2.10. The van der Waals surface area contributed by atoms with Gasteiger partial charge in [-0.25, -0.2) is 18.1 Å². The molecule has 6 nitrogen and oxygen atoms in total. The van der Waals surface area contributed by atoms with Crippen molar-refractivity contribution in [3.8, 4) is 0 Å². The fourth-order valence-corrected chi connectivity index (χ4v) is 3.44. The zero-order valence-electron chi connectivity index (χ0n) is 11.5. The second-order valence-corrected chi connectivity index (χ2v) is 6.67. The van der Waals surface area contributed by atoms with Gasteiger partial charge in [0.15, 0.2) is 0 Å². The number of aromatic nitrogens is 2. The van der Waals surface area contributed by atoms with Crippen LogP contribution in [-0.2, 0) is 30.1 Å². The first kappa shape index (κ1) is 16.0. The lowest BCUT2D eigenvalue weighted by molar-refractivity contribution is 0.281. The third-order valence-electron chi connectivity index (χ3n) is 3.03. The van der Waals surface area contributed by atoms with Crippen LogP contribution in [0.5, 0.6) is 0 Å². The second kappa shape index (κ2) is 6.57. The van der Waals surface area contributed by atoms with Crippen LogP contribution >= 0.6 is 11.6 Å². The number of halogens is 1.